The fourth-order valence-corrected chi connectivity index (χ4v) is 2.09. The summed E-state index contributed by atoms with van der Waals surface area (Å²) in [6.07, 6.45) is 1.58. The minimum absolute atomic E-state index is 0.0276. The summed E-state index contributed by atoms with van der Waals surface area (Å²) in [6, 6.07) is 9.02. The molecule has 1 aromatic carbocycles. The number of hydrogen-bond acceptors (Lipinski definition) is 5. The quantitative estimate of drug-likeness (QED) is 0.341. The number of methoxy groups -OCH3 is 1. The number of nitrogens with two attached hydrogens (primary N) is 1. The second-order valence-corrected chi connectivity index (χ2v) is 4.61. The Balaban J connectivity index is 2.15. The highest BCUT2D eigenvalue weighted by molar-refractivity contribution is 6.32. The molecular weight excluding hydrogens is 292 g/mol. The van der Waals surface area contributed by atoms with Gasteiger partial charge < -0.3 is 21.0 Å². The molecule has 6 nitrogen and oxygen atoms in total. The molecule has 1 heterocycles. The summed E-state index contributed by atoms with van der Waals surface area (Å²) in [7, 11) is 1.56. The lowest BCUT2D eigenvalue weighted by molar-refractivity contribution is 0.318. The van der Waals surface area contributed by atoms with Gasteiger partial charge in [0.1, 0.15) is 11.4 Å². The molecule has 2 aromatic rings. The molecule has 0 fully saturated rings. The largest absolute Gasteiger partial charge is 0.495 e. The average molecular weight is 307 g/mol. The van der Waals surface area contributed by atoms with Crippen LogP contribution in [-0.4, -0.2) is 23.1 Å². The van der Waals surface area contributed by atoms with Crippen molar-refractivity contribution in [3.63, 3.8) is 0 Å². The van der Waals surface area contributed by atoms with E-state index >= 15 is 0 Å². The Morgan fingerprint density at radius 3 is 2.95 bits per heavy atom. The second-order valence-electron chi connectivity index (χ2n) is 4.20. The fraction of sp³-hybridized carbons (Fsp3) is 0.143. The monoisotopic (exact) mass is 306 g/mol. The first-order valence-electron chi connectivity index (χ1n) is 6.15. The van der Waals surface area contributed by atoms with Gasteiger partial charge in [-0.05, 0) is 24.3 Å². The van der Waals surface area contributed by atoms with E-state index in [-0.39, 0.29) is 5.84 Å². The summed E-state index contributed by atoms with van der Waals surface area (Å²) in [6.45, 7) is 0.460. The van der Waals surface area contributed by atoms with Crippen LogP contribution in [0.2, 0.25) is 5.02 Å². The Bertz CT molecular complexity index is 661. The predicted molar refractivity (Wildman–Crippen MR) is 82.1 cm³/mol. The molecule has 0 atom stereocenters. The normalized spacial score (nSPS) is 11.2. The van der Waals surface area contributed by atoms with Gasteiger partial charge in [0, 0.05) is 24.0 Å². The zero-order chi connectivity index (χ0) is 15.2. The van der Waals surface area contributed by atoms with Crippen molar-refractivity contribution in [2.75, 3.05) is 12.4 Å². The number of oxime groups is 1. The van der Waals surface area contributed by atoms with Crippen LogP contribution in [0.5, 0.6) is 5.75 Å². The number of nitrogens with one attached hydrogen (secondary N) is 1. The van der Waals surface area contributed by atoms with Crippen molar-refractivity contribution < 1.29 is 9.94 Å². The van der Waals surface area contributed by atoms with Crippen LogP contribution in [0.25, 0.3) is 0 Å². The smallest absolute Gasteiger partial charge is 0.189 e. The van der Waals surface area contributed by atoms with Crippen molar-refractivity contribution >= 4 is 23.1 Å². The third-order valence-electron chi connectivity index (χ3n) is 2.88. The summed E-state index contributed by atoms with van der Waals surface area (Å²) in [5, 5.41) is 15.5. The number of anilines is 1. The number of halogens is 1. The molecular formula is C14H15ClN4O2. The van der Waals surface area contributed by atoms with Gasteiger partial charge >= 0.3 is 0 Å². The number of benzene rings is 1. The summed E-state index contributed by atoms with van der Waals surface area (Å²) in [4.78, 5) is 4.10. The molecule has 4 N–H and O–H groups in total. The second kappa shape index (κ2) is 6.81. The predicted octanol–water partition coefficient (Wildman–Crippen LogP) is 2.45. The molecule has 0 saturated heterocycles. The highest BCUT2D eigenvalue weighted by Crippen LogP contribution is 2.27. The number of rotatable bonds is 5. The molecule has 0 radical (unpaired) electrons. The van der Waals surface area contributed by atoms with Gasteiger partial charge in [-0.3, -0.25) is 4.98 Å². The van der Waals surface area contributed by atoms with Gasteiger partial charge in [0.15, 0.2) is 5.84 Å². The van der Waals surface area contributed by atoms with E-state index in [2.05, 4.69) is 15.5 Å². The van der Waals surface area contributed by atoms with E-state index in [1.807, 2.05) is 12.1 Å². The number of pyridine rings is 1. The first-order chi connectivity index (χ1) is 10.2. The summed E-state index contributed by atoms with van der Waals surface area (Å²) in [5.74, 6) is 0.584. The maximum Gasteiger partial charge on any atom is 0.189 e. The molecule has 1 aromatic heterocycles. The van der Waals surface area contributed by atoms with E-state index < -0.39 is 0 Å². The molecule has 0 unspecified atom stereocenters. The lowest BCUT2D eigenvalue weighted by atomic mass is 10.1. The van der Waals surface area contributed by atoms with E-state index in [1.54, 1.807) is 31.5 Å². The van der Waals surface area contributed by atoms with E-state index in [4.69, 9.17) is 27.3 Å². The standard InChI is InChI=1S/C14H15ClN4O2/c1-21-12-5-4-10(7-11(12)15)18-8-9-3-2-6-17-13(9)14(16)19-20/h2-7,18,20H,8H2,1H3,(H2,16,19). The Kier molecular flexibility index (Phi) is 4.84. The summed E-state index contributed by atoms with van der Waals surface area (Å²) >= 11 is 6.07. The van der Waals surface area contributed by atoms with Crippen LogP contribution in [0.1, 0.15) is 11.3 Å². The van der Waals surface area contributed by atoms with Crippen molar-refractivity contribution in [1.82, 2.24) is 4.98 Å². The number of nitrogens with zero attached hydrogens (tertiary/aromatic N) is 2. The van der Waals surface area contributed by atoms with Crippen LogP contribution in [-0.2, 0) is 6.54 Å². The van der Waals surface area contributed by atoms with Gasteiger partial charge in [-0.15, -0.1) is 0 Å². The van der Waals surface area contributed by atoms with E-state index in [0.717, 1.165) is 11.3 Å². The number of amidine groups is 1. The Morgan fingerprint density at radius 1 is 1.48 bits per heavy atom. The average Bonchev–Trinajstić information content (AvgIpc) is 2.52. The lowest BCUT2D eigenvalue weighted by Crippen LogP contribution is -2.18. The zero-order valence-corrected chi connectivity index (χ0v) is 12.1. The molecule has 0 amide bonds. The summed E-state index contributed by atoms with van der Waals surface area (Å²) < 4.78 is 5.10. The zero-order valence-electron chi connectivity index (χ0n) is 11.4. The molecule has 0 aliphatic heterocycles. The molecule has 2 rings (SSSR count). The van der Waals surface area contributed by atoms with Crippen molar-refractivity contribution in [2.45, 2.75) is 6.54 Å². The Morgan fingerprint density at radius 2 is 2.29 bits per heavy atom. The van der Waals surface area contributed by atoms with Gasteiger partial charge in [0.05, 0.1) is 12.1 Å². The molecule has 0 saturated carbocycles. The fourth-order valence-electron chi connectivity index (χ4n) is 1.83. The minimum Gasteiger partial charge on any atom is -0.495 e. The SMILES string of the molecule is COc1ccc(NCc2cccnc2C(N)=NO)cc1Cl. The molecule has 0 aliphatic rings. The van der Waals surface area contributed by atoms with Crippen molar-refractivity contribution in [2.24, 2.45) is 10.9 Å². The Labute approximate surface area is 127 Å². The third-order valence-corrected chi connectivity index (χ3v) is 3.17. The third kappa shape index (κ3) is 3.55. The van der Waals surface area contributed by atoms with Crippen molar-refractivity contribution in [3.8, 4) is 5.75 Å². The van der Waals surface area contributed by atoms with Crippen molar-refractivity contribution in [3.05, 3.63) is 52.8 Å². The number of aromatic nitrogens is 1. The topological polar surface area (TPSA) is 92.8 Å². The summed E-state index contributed by atoms with van der Waals surface area (Å²) in [5.41, 5.74) is 7.67. The first-order valence-corrected chi connectivity index (χ1v) is 6.52. The van der Waals surface area contributed by atoms with Gasteiger partial charge in [0.2, 0.25) is 0 Å². The van der Waals surface area contributed by atoms with Crippen LogP contribution < -0.4 is 15.8 Å². The highest BCUT2D eigenvalue weighted by atomic mass is 35.5. The Hall–Kier alpha value is -2.47. The molecule has 0 bridgehead atoms. The van der Waals surface area contributed by atoms with Crippen molar-refractivity contribution in [1.29, 1.82) is 0 Å². The maximum absolute atomic E-state index is 8.76. The first kappa shape index (κ1) is 14.9. The molecule has 21 heavy (non-hydrogen) atoms. The van der Waals surface area contributed by atoms with Gasteiger partial charge in [-0.25, -0.2) is 0 Å². The van der Waals surface area contributed by atoms with Crippen LogP contribution in [0.15, 0.2) is 41.7 Å². The van der Waals surface area contributed by atoms with Crippen LogP contribution >= 0.6 is 11.6 Å². The molecule has 110 valence electrons. The van der Waals surface area contributed by atoms with Crippen LogP contribution in [0.3, 0.4) is 0 Å². The van der Waals surface area contributed by atoms with Gasteiger partial charge in [-0.2, -0.15) is 0 Å². The van der Waals surface area contributed by atoms with Gasteiger partial charge in [0.25, 0.3) is 0 Å². The maximum atomic E-state index is 8.76. The minimum atomic E-state index is -0.0276. The number of ether oxygens (including phenoxy) is 1. The van der Waals surface area contributed by atoms with E-state index in [1.165, 1.54) is 0 Å². The molecule has 0 aliphatic carbocycles. The van der Waals surface area contributed by atoms with E-state index in [0.29, 0.717) is 23.0 Å². The lowest BCUT2D eigenvalue weighted by Gasteiger charge is -2.11. The van der Waals surface area contributed by atoms with Gasteiger partial charge in [-0.1, -0.05) is 22.8 Å². The van der Waals surface area contributed by atoms with E-state index in [9.17, 15) is 0 Å². The molecule has 0 spiro atoms. The van der Waals surface area contributed by atoms with Crippen LogP contribution in [0, 0.1) is 0 Å². The number of hydrogen-bond donors (Lipinski definition) is 3. The van der Waals surface area contributed by atoms with Crippen LogP contribution in [0.4, 0.5) is 5.69 Å². The molecule has 7 heteroatoms. The highest BCUT2D eigenvalue weighted by Gasteiger charge is 2.08.